The first kappa shape index (κ1) is 27.7. The Balaban J connectivity index is 1.81. The van der Waals surface area contributed by atoms with Gasteiger partial charge in [0, 0.05) is 13.2 Å². The molecule has 0 radical (unpaired) electrons. The molecule has 0 bridgehead atoms. The molecule has 2 aromatic carbocycles. The lowest BCUT2D eigenvalue weighted by Gasteiger charge is -2.21. The highest BCUT2D eigenvalue weighted by molar-refractivity contribution is 6.14. The molecule has 1 unspecified atom stereocenters. The van der Waals surface area contributed by atoms with Crippen molar-refractivity contribution in [3.63, 3.8) is 0 Å². The first-order chi connectivity index (χ1) is 18.2. The average Bonchev–Trinajstić information content (AvgIpc) is 3.29. The van der Waals surface area contributed by atoms with Crippen molar-refractivity contribution >= 4 is 23.1 Å². The van der Waals surface area contributed by atoms with Crippen molar-refractivity contribution in [2.75, 3.05) is 12.8 Å². The quantitative estimate of drug-likeness (QED) is 0.218. The third kappa shape index (κ3) is 6.21. The van der Waals surface area contributed by atoms with Gasteiger partial charge in [-0.2, -0.15) is 13.2 Å². The number of hydrogen-bond donors (Lipinski definition) is 4. The summed E-state index contributed by atoms with van der Waals surface area (Å²) in [7, 11) is 1.58. The number of amidine groups is 1. The van der Waals surface area contributed by atoms with Gasteiger partial charge in [-0.05, 0) is 49.8 Å². The minimum absolute atomic E-state index is 0.0186. The van der Waals surface area contributed by atoms with Crippen LogP contribution in [0.15, 0.2) is 65.9 Å². The van der Waals surface area contributed by atoms with Crippen molar-refractivity contribution in [2.45, 2.75) is 31.7 Å². The Bertz CT molecular complexity index is 1450. The fraction of sp³-hybridized carbons (Fsp3) is 0.231. The number of nitrogens with zero attached hydrogens (tertiary/aromatic N) is 4. The summed E-state index contributed by atoms with van der Waals surface area (Å²) in [5, 5.41) is 14.2. The number of rotatable bonds is 5. The van der Waals surface area contributed by atoms with E-state index in [-0.39, 0.29) is 34.7 Å². The lowest BCUT2D eigenvalue weighted by atomic mass is 9.96. The number of hydrazine groups is 1. The van der Waals surface area contributed by atoms with Gasteiger partial charge < -0.3 is 21.2 Å². The summed E-state index contributed by atoms with van der Waals surface area (Å²) in [6, 6.07) is 8.53. The van der Waals surface area contributed by atoms with E-state index in [0.29, 0.717) is 5.69 Å². The van der Waals surface area contributed by atoms with Crippen LogP contribution in [-0.2, 0) is 11.8 Å². The van der Waals surface area contributed by atoms with E-state index in [1.54, 1.807) is 37.4 Å². The first-order valence-corrected chi connectivity index (χ1v) is 11.6. The molecule has 1 amide bonds. The molecule has 5 N–H and O–H groups in total. The molecule has 1 atom stereocenters. The summed E-state index contributed by atoms with van der Waals surface area (Å²) in [6.45, 7) is 2.88. The average molecular weight is 544 g/mol. The molecule has 2 heterocycles. The number of anilines is 1. The topological polar surface area (TPSA) is 129 Å². The van der Waals surface area contributed by atoms with Crippen LogP contribution in [0.4, 0.5) is 28.9 Å². The molecule has 0 fully saturated rings. The molecule has 0 saturated carbocycles. The van der Waals surface area contributed by atoms with Crippen LogP contribution in [0.25, 0.3) is 0 Å². The summed E-state index contributed by atoms with van der Waals surface area (Å²) in [6.07, 6.45) is -0.693. The van der Waals surface area contributed by atoms with Crippen molar-refractivity contribution < 1.29 is 27.5 Å². The molecule has 39 heavy (non-hydrogen) atoms. The van der Waals surface area contributed by atoms with Gasteiger partial charge in [-0.15, -0.1) is 0 Å². The van der Waals surface area contributed by atoms with Gasteiger partial charge in [0.15, 0.2) is 11.7 Å². The van der Waals surface area contributed by atoms with Gasteiger partial charge in [-0.3, -0.25) is 4.79 Å². The van der Waals surface area contributed by atoms with Gasteiger partial charge in [0.2, 0.25) is 0 Å². The molecule has 9 nitrogen and oxygen atoms in total. The number of hydrogen-bond acceptors (Lipinski definition) is 8. The summed E-state index contributed by atoms with van der Waals surface area (Å²) < 4.78 is 56.3. The van der Waals surface area contributed by atoms with E-state index in [9.17, 15) is 23.1 Å². The van der Waals surface area contributed by atoms with Gasteiger partial charge in [-0.1, -0.05) is 18.2 Å². The molecule has 1 aliphatic rings. The Hall–Kier alpha value is -4.36. The fourth-order valence-electron chi connectivity index (χ4n) is 3.78. The molecule has 0 aliphatic carbocycles. The summed E-state index contributed by atoms with van der Waals surface area (Å²) in [5.74, 6) is -2.73. The maximum absolute atomic E-state index is 15.0. The molecule has 204 valence electrons. The lowest BCUT2D eigenvalue weighted by Crippen LogP contribution is -2.35. The SMILES string of the molecule is CN1C=CC(c2cc(C(=O)NC(=Nc3ccccc3)c3nc(C(C)(C)O)ncc3N)c(F)cc2C(F)(F)F)N1. The number of aliphatic hydroxyl groups is 1. The van der Waals surface area contributed by atoms with Crippen molar-refractivity contribution in [1.82, 2.24) is 25.7 Å². The number of benzene rings is 2. The lowest BCUT2D eigenvalue weighted by molar-refractivity contribution is -0.138. The largest absolute Gasteiger partial charge is 0.416 e. The van der Waals surface area contributed by atoms with Crippen LogP contribution in [0.1, 0.15) is 52.9 Å². The zero-order valence-corrected chi connectivity index (χ0v) is 21.1. The number of para-hydroxylation sites is 1. The molecule has 1 aromatic heterocycles. The van der Waals surface area contributed by atoms with Crippen LogP contribution in [0.5, 0.6) is 0 Å². The van der Waals surface area contributed by atoms with Crippen molar-refractivity contribution in [3.8, 4) is 0 Å². The van der Waals surface area contributed by atoms with Gasteiger partial charge in [0.05, 0.1) is 34.7 Å². The first-order valence-electron chi connectivity index (χ1n) is 11.6. The minimum Gasteiger partial charge on any atom is -0.396 e. The zero-order valence-electron chi connectivity index (χ0n) is 21.1. The molecule has 0 spiro atoms. The van der Waals surface area contributed by atoms with Gasteiger partial charge >= 0.3 is 6.18 Å². The monoisotopic (exact) mass is 543 g/mol. The molecule has 0 saturated heterocycles. The number of alkyl halides is 3. The predicted molar refractivity (Wildman–Crippen MR) is 136 cm³/mol. The van der Waals surface area contributed by atoms with Crippen LogP contribution < -0.4 is 16.5 Å². The Morgan fingerprint density at radius 3 is 2.49 bits per heavy atom. The molecule has 4 rings (SSSR count). The second kappa shape index (κ2) is 10.4. The van der Waals surface area contributed by atoms with Gasteiger partial charge in [0.25, 0.3) is 5.91 Å². The van der Waals surface area contributed by atoms with E-state index in [1.165, 1.54) is 37.3 Å². The normalized spacial score (nSPS) is 16.1. The number of nitrogen functional groups attached to an aromatic ring is 1. The fourth-order valence-corrected chi connectivity index (χ4v) is 3.78. The number of nitrogens with two attached hydrogens (primary N) is 1. The molecular weight excluding hydrogens is 518 g/mol. The van der Waals surface area contributed by atoms with E-state index in [2.05, 4.69) is 25.7 Å². The highest BCUT2D eigenvalue weighted by Gasteiger charge is 2.37. The number of aromatic nitrogens is 2. The van der Waals surface area contributed by atoms with Crippen LogP contribution in [0.3, 0.4) is 0 Å². The van der Waals surface area contributed by atoms with Gasteiger partial charge in [0.1, 0.15) is 17.1 Å². The number of nitrogens with one attached hydrogen (secondary N) is 2. The number of amides is 1. The highest BCUT2D eigenvalue weighted by Crippen LogP contribution is 2.37. The predicted octanol–water partition coefficient (Wildman–Crippen LogP) is 3.96. The second-order valence-corrected chi connectivity index (χ2v) is 9.28. The van der Waals surface area contributed by atoms with Gasteiger partial charge in [-0.25, -0.2) is 24.8 Å². The van der Waals surface area contributed by atoms with Crippen LogP contribution in [0, 0.1) is 5.82 Å². The molecular formula is C26H25F4N7O2. The standard InChI is InChI=1S/C26H25F4N7O2/c1-25(2,39)24-32-13-19(31)21(34-24)22(33-14-7-5-4-6-8-14)35-23(38)16-11-15(20-9-10-37(3)36-20)17(12-18(16)27)26(28,29)30/h4-13,20,36,39H,31H2,1-3H3,(H,33,35,38). The van der Waals surface area contributed by atoms with Crippen molar-refractivity contribution in [1.29, 1.82) is 0 Å². The van der Waals surface area contributed by atoms with Crippen LogP contribution in [0.2, 0.25) is 0 Å². The van der Waals surface area contributed by atoms with E-state index >= 15 is 4.39 Å². The Morgan fingerprint density at radius 1 is 1.21 bits per heavy atom. The van der Waals surface area contributed by atoms with Crippen LogP contribution in [-0.4, -0.2) is 38.9 Å². The molecule has 1 aliphatic heterocycles. The second-order valence-electron chi connectivity index (χ2n) is 9.28. The molecule has 3 aromatic rings. The highest BCUT2D eigenvalue weighted by atomic mass is 19.4. The minimum atomic E-state index is -4.87. The number of aliphatic imine (C=N–C) groups is 1. The third-order valence-electron chi connectivity index (χ3n) is 5.69. The Labute approximate surface area is 221 Å². The number of carbonyl (C=O) groups is 1. The maximum Gasteiger partial charge on any atom is 0.416 e. The van der Waals surface area contributed by atoms with E-state index in [0.717, 1.165) is 6.07 Å². The van der Waals surface area contributed by atoms with Crippen LogP contribution >= 0.6 is 0 Å². The Morgan fingerprint density at radius 2 is 1.90 bits per heavy atom. The number of halogens is 4. The zero-order chi connectivity index (χ0) is 28.5. The third-order valence-corrected chi connectivity index (χ3v) is 5.69. The van der Waals surface area contributed by atoms with E-state index < -0.39 is 40.7 Å². The maximum atomic E-state index is 15.0. The smallest absolute Gasteiger partial charge is 0.396 e. The van der Waals surface area contributed by atoms with E-state index in [4.69, 9.17) is 5.73 Å². The Kier molecular flexibility index (Phi) is 7.39. The summed E-state index contributed by atoms with van der Waals surface area (Å²) in [5.41, 5.74) is 5.42. The summed E-state index contributed by atoms with van der Waals surface area (Å²) in [4.78, 5) is 26.0. The molecule has 13 heteroatoms. The number of carbonyl (C=O) groups excluding carboxylic acids is 1. The van der Waals surface area contributed by atoms with E-state index in [1.807, 2.05) is 0 Å². The van der Waals surface area contributed by atoms with Crippen molar-refractivity contribution in [3.05, 3.63) is 95.0 Å². The summed E-state index contributed by atoms with van der Waals surface area (Å²) >= 11 is 0. The van der Waals surface area contributed by atoms with Crippen molar-refractivity contribution in [2.24, 2.45) is 4.99 Å².